The highest BCUT2D eigenvalue weighted by atomic mass is 19.1. The zero-order valence-electron chi connectivity index (χ0n) is 17.9. The summed E-state index contributed by atoms with van der Waals surface area (Å²) >= 11 is 0. The number of carbonyl (C=O) groups excluding carboxylic acids is 2. The van der Waals surface area contributed by atoms with Gasteiger partial charge in [-0.3, -0.25) is 9.69 Å². The highest BCUT2D eigenvalue weighted by Gasteiger charge is 2.54. The van der Waals surface area contributed by atoms with Gasteiger partial charge < -0.3 is 19.4 Å². The molecule has 3 heterocycles. The number of hydrogen-bond acceptors (Lipinski definition) is 6. The fraction of sp³-hybridized carbons (Fsp3) is 0.348. The summed E-state index contributed by atoms with van der Waals surface area (Å²) in [7, 11) is 1.66. The number of halogens is 1. The van der Waals surface area contributed by atoms with Crippen molar-refractivity contribution in [1.82, 2.24) is 14.7 Å². The number of amides is 3. The zero-order chi connectivity index (χ0) is 22.4. The highest BCUT2D eigenvalue weighted by Crippen LogP contribution is 2.34. The average molecular weight is 437 g/mol. The summed E-state index contributed by atoms with van der Waals surface area (Å²) in [6.45, 7) is 3.96. The van der Waals surface area contributed by atoms with Gasteiger partial charge in [-0.1, -0.05) is 12.1 Å². The first-order chi connectivity index (χ1) is 15.5. The molecule has 0 bridgehead atoms. The number of guanidine groups is 1. The molecule has 0 N–H and O–H groups in total. The van der Waals surface area contributed by atoms with Crippen molar-refractivity contribution in [3.63, 3.8) is 0 Å². The third kappa shape index (κ3) is 3.24. The van der Waals surface area contributed by atoms with Crippen molar-refractivity contribution in [3.8, 4) is 5.75 Å². The molecule has 0 saturated carbocycles. The second-order valence-corrected chi connectivity index (χ2v) is 8.00. The third-order valence-corrected chi connectivity index (χ3v) is 6.09. The van der Waals surface area contributed by atoms with E-state index in [1.807, 2.05) is 36.1 Å². The largest absolute Gasteiger partial charge is 0.494 e. The van der Waals surface area contributed by atoms with Gasteiger partial charge in [0, 0.05) is 25.8 Å². The Hall–Kier alpha value is -3.62. The average Bonchev–Trinajstić information content (AvgIpc) is 3.37. The maximum absolute atomic E-state index is 13.4. The van der Waals surface area contributed by atoms with Crippen LogP contribution in [0.5, 0.6) is 5.75 Å². The molecule has 2 aromatic rings. The van der Waals surface area contributed by atoms with Crippen LogP contribution < -0.4 is 9.64 Å². The lowest BCUT2D eigenvalue weighted by atomic mass is 10.1. The normalized spacial score (nSPS) is 22.3. The minimum Gasteiger partial charge on any atom is -0.494 e. The Labute approximate surface area is 185 Å². The van der Waals surface area contributed by atoms with Crippen molar-refractivity contribution in [2.24, 2.45) is 4.99 Å². The first kappa shape index (κ1) is 20.3. The molecule has 3 amide bonds. The smallest absolute Gasteiger partial charge is 0.328 e. The van der Waals surface area contributed by atoms with Crippen molar-refractivity contribution in [2.75, 3.05) is 31.6 Å². The summed E-state index contributed by atoms with van der Waals surface area (Å²) < 4.78 is 18.8. The summed E-state index contributed by atoms with van der Waals surface area (Å²) in [6.07, 6.45) is -0.569. The van der Waals surface area contributed by atoms with Gasteiger partial charge in [0.15, 0.2) is 12.2 Å². The van der Waals surface area contributed by atoms with E-state index in [1.165, 1.54) is 21.9 Å². The van der Waals surface area contributed by atoms with Crippen LogP contribution in [-0.2, 0) is 11.3 Å². The Kier molecular flexibility index (Phi) is 4.96. The standard InChI is InChI=1S/C23H24FN5O3/c1-3-32-18-10-8-17(9-11-18)27-12-13-28-19-20(25-22(27)28)26(2)23(31)29(21(19)30)14-15-4-6-16(24)7-5-15/h4-11,19-20H,3,12-14H2,1-2H3. The van der Waals surface area contributed by atoms with Gasteiger partial charge in [-0.05, 0) is 48.9 Å². The molecule has 32 heavy (non-hydrogen) atoms. The molecule has 8 nitrogen and oxygen atoms in total. The number of nitrogens with zero attached hydrogens (tertiary/aromatic N) is 5. The third-order valence-electron chi connectivity index (χ3n) is 6.09. The van der Waals surface area contributed by atoms with Crippen LogP contribution in [-0.4, -0.2) is 71.5 Å². The van der Waals surface area contributed by atoms with Crippen LogP contribution in [0.4, 0.5) is 14.9 Å². The molecule has 2 saturated heterocycles. The summed E-state index contributed by atoms with van der Waals surface area (Å²) in [5.74, 6) is 0.851. The molecule has 0 aliphatic carbocycles. The topological polar surface area (TPSA) is 68.7 Å². The van der Waals surface area contributed by atoms with Crippen molar-refractivity contribution in [3.05, 3.63) is 59.9 Å². The maximum Gasteiger partial charge on any atom is 0.328 e. The number of likely N-dealkylation sites (N-methyl/N-ethyl adjacent to an activating group) is 1. The van der Waals surface area contributed by atoms with Gasteiger partial charge in [-0.15, -0.1) is 0 Å². The van der Waals surface area contributed by atoms with E-state index < -0.39 is 18.2 Å². The van der Waals surface area contributed by atoms with E-state index in [2.05, 4.69) is 4.90 Å². The summed E-state index contributed by atoms with van der Waals surface area (Å²) in [5, 5.41) is 0. The number of urea groups is 1. The van der Waals surface area contributed by atoms with Crippen LogP contribution in [0.25, 0.3) is 0 Å². The molecule has 0 spiro atoms. The van der Waals surface area contributed by atoms with Crippen LogP contribution >= 0.6 is 0 Å². The lowest BCUT2D eigenvalue weighted by Gasteiger charge is -2.40. The predicted octanol–water partition coefficient (Wildman–Crippen LogP) is 2.50. The molecule has 3 aliphatic heterocycles. The molecule has 9 heteroatoms. The molecular weight excluding hydrogens is 413 g/mol. The molecule has 3 aliphatic rings. The van der Waals surface area contributed by atoms with Gasteiger partial charge in [-0.25, -0.2) is 14.2 Å². The van der Waals surface area contributed by atoms with E-state index in [0.29, 0.717) is 31.2 Å². The van der Waals surface area contributed by atoms with E-state index >= 15 is 0 Å². The Morgan fingerprint density at radius 2 is 1.78 bits per heavy atom. The summed E-state index contributed by atoms with van der Waals surface area (Å²) in [6, 6.07) is 12.6. The van der Waals surface area contributed by atoms with Crippen LogP contribution in [0.1, 0.15) is 12.5 Å². The molecule has 5 rings (SSSR count). The van der Waals surface area contributed by atoms with E-state index in [0.717, 1.165) is 11.4 Å². The molecular formula is C23H24FN5O3. The van der Waals surface area contributed by atoms with E-state index in [4.69, 9.17) is 9.73 Å². The molecule has 2 aromatic carbocycles. The van der Waals surface area contributed by atoms with Crippen LogP contribution in [0, 0.1) is 5.82 Å². The van der Waals surface area contributed by atoms with Gasteiger partial charge in [0.05, 0.1) is 13.2 Å². The SMILES string of the molecule is CCOc1ccc(N2CCN3C2=NC2C3C(=O)N(Cc3ccc(F)cc3)C(=O)N2C)cc1. The number of anilines is 1. The quantitative estimate of drug-likeness (QED) is 0.719. The first-order valence-electron chi connectivity index (χ1n) is 10.7. The number of hydrogen-bond donors (Lipinski definition) is 0. The number of rotatable bonds is 5. The number of benzene rings is 2. The minimum absolute atomic E-state index is 0.0945. The number of carbonyl (C=O) groups is 2. The van der Waals surface area contributed by atoms with Crippen molar-refractivity contribution in [2.45, 2.75) is 25.7 Å². The second-order valence-electron chi connectivity index (χ2n) is 8.00. The van der Waals surface area contributed by atoms with Gasteiger partial charge in [0.2, 0.25) is 5.96 Å². The molecule has 2 unspecified atom stereocenters. The molecule has 0 aromatic heterocycles. The number of aliphatic imine (C=N–C) groups is 1. The van der Waals surface area contributed by atoms with Crippen LogP contribution in [0.3, 0.4) is 0 Å². The van der Waals surface area contributed by atoms with Gasteiger partial charge in [0.1, 0.15) is 11.6 Å². The number of ether oxygens (including phenoxy) is 1. The van der Waals surface area contributed by atoms with Gasteiger partial charge >= 0.3 is 6.03 Å². The van der Waals surface area contributed by atoms with Gasteiger partial charge in [0.25, 0.3) is 5.91 Å². The number of imide groups is 1. The van der Waals surface area contributed by atoms with Crippen molar-refractivity contribution in [1.29, 1.82) is 0 Å². The Balaban J connectivity index is 1.39. The fourth-order valence-corrected chi connectivity index (χ4v) is 4.49. The Morgan fingerprint density at radius 3 is 2.47 bits per heavy atom. The lowest BCUT2D eigenvalue weighted by molar-refractivity contribution is -0.137. The maximum atomic E-state index is 13.4. The molecule has 2 atom stereocenters. The van der Waals surface area contributed by atoms with E-state index in [-0.39, 0.29) is 18.3 Å². The van der Waals surface area contributed by atoms with Crippen molar-refractivity contribution >= 4 is 23.6 Å². The van der Waals surface area contributed by atoms with E-state index in [1.54, 1.807) is 19.2 Å². The Morgan fingerprint density at radius 1 is 1.06 bits per heavy atom. The summed E-state index contributed by atoms with van der Waals surface area (Å²) in [5.41, 5.74) is 1.65. The summed E-state index contributed by atoms with van der Waals surface area (Å²) in [4.78, 5) is 37.9. The van der Waals surface area contributed by atoms with Crippen LogP contribution in [0.15, 0.2) is 53.5 Å². The van der Waals surface area contributed by atoms with Crippen molar-refractivity contribution < 1.29 is 18.7 Å². The zero-order valence-corrected chi connectivity index (χ0v) is 17.9. The minimum atomic E-state index is -0.569. The Bertz CT molecular complexity index is 1070. The molecule has 166 valence electrons. The first-order valence-corrected chi connectivity index (χ1v) is 10.7. The monoisotopic (exact) mass is 437 g/mol. The molecule has 0 radical (unpaired) electrons. The fourth-order valence-electron chi connectivity index (χ4n) is 4.49. The van der Waals surface area contributed by atoms with Crippen LogP contribution in [0.2, 0.25) is 0 Å². The number of fused-ring (bicyclic) bond motifs is 3. The highest BCUT2D eigenvalue weighted by molar-refractivity contribution is 6.07. The second kappa shape index (κ2) is 7.81. The molecule has 2 fully saturated rings. The lowest BCUT2D eigenvalue weighted by Crippen LogP contribution is -2.64. The van der Waals surface area contributed by atoms with E-state index in [9.17, 15) is 14.0 Å². The predicted molar refractivity (Wildman–Crippen MR) is 117 cm³/mol. The van der Waals surface area contributed by atoms with Gasteiger partial charge in [-0.2, -0.15) is 0 Å².